The highest BCUT2D eigenvalue weighted by Gasteiger charge is 2.38. The number of imide groups is 1. The van der Waals surface area contributed by atoms with Gasteiger partial charge in [-0.2, -0.15) is 0 Å². The van der Waals surface area contributed by atoms with Gasteiger partial charge in [0.25, 0.3) is 11.8 Å². The highest BCUT2D eigenvalue weighted by Crippen LogP contribution is 2.30. The van der Waals surface area contributed by atoms with Crippen molar-refractivity contribution in [3.8, 4) is 0 Å². The van der Waals surface area contributed by atoms with Gasteiger partial charge in [0.05, 0.1) is 5.57 Å². The molecule has 0 bridgehead atoms. The van der Waals surface area contributed by atoms with Crippen molar-refractivity contribution in [3.63, 3.8) is 0 Å². The van der Waals surface area contributed by atoms with E-state index in [1.807, 2.05) is 6.07 Å². The number of hydrogen-bond donors (Lipinski definition) is 1. The molecule has 1 aliphatic heterocycles. The Labute approximate surface area is 151 Å². The minimum atomic E-state index is -0.425. The van der Waals surface area contributed by atoms with Crippen LogP contribution in [0.4, 0.5) is 10.1 Å². The number of amides is 2. The second-order valence-corrected chi connectivity index (χ2v) is 5.86. The molecule has 0 aromatic heterocycles. The number of carbonyl (C=O) groups excluding carboxylic acids is 2. The number of nitrogens with one attached hydrogen (secondary N) is 1. The molecule has 1 heterocycles. The third-order valence-electron chi connectivity index (χ3n) is 4.05. The van der Waals surface area contributed by atoms with Crippen molar-refractivity contribution >= 4 is 23.1 Å². The molecule has 2 amide bonds. The van der Waals surface area contributed by atoms with E-state index in [9.17, 15) is 14.0 Å². The van der Waals surface area contributed by atoms with Gasteiger partial charge in [0.2, 0.25) is 0 Å². The normalized spacial score (nSPS) is 14.3. The Hall–Kier alpha value is -2.99. The summed E-state index contributed by atoms with van der Waals surface area (Å²) in [7, 11) is 1.57. The number of ether oxygens (including phenoxy) is 1. The first-order valence-electron chi connectivity index (χ1n) is 8.29. The Balaban J connectivity index is 1.97. The molecule has 26 heavy (non-hydrogen) atoms. The molecule has 1 N–H and O–H groups in total. The molecular formula is C20H19FN2O3. The zero-order valence-electron chi connectivity index (χ0n) is 14.4. The number of rotatable bonds is 7. The van der Waals surface area contributed by atoms with Crippen LogP contribution in [-0.4, -0.2) is 37.0 Å². The van der Waals surface area contributed by atoms with Gasteiger partial charge in [-0.25, -0.2) is 4.39 Å². The largest absolute Gasteiger partial charge is 0.385 e. The number of benzene rings is 2. The van der Waals surface area contributed by atoms with Crippen molar-refractivity contribution in [3.05, 3.63) is 71.7 Å². The molecule has 0 spiro atoms. The summed E-state index contributed by atoms with van der Waals surface area (Å²) < 4.78 is 18.5. The summed E-state index contributed by atoms with van der Waals surface area (Å²) in [5.41, 5.74) is 1.49. The minimum Gasteiger partial charge on any atom is -0.385 e. The van der Waals surface area contributed by atoms with Gasteiger partial charge in [-0.15, -0.1) is 0 Å². The fraction of sp³-hybridized carbons (Fsp3) is 0.200. The van der Waals surface area contributed by atoms with Gasteiger partial charge in [0.1, 0.15) is 11.5 Å². The molecule has 0 radical (unpaired) electrons. The molecule has 0 aliphatic carbocycles. The lowest BCUT2D eigenvalue weighted by Crippen LogP contribution is -2.33. The van der Waals surface area contributed by atoms with Gasteiger partial charge in [-0.1, -0.05) is 36.4 Å². The van der Waals surface area contributed by atoms with E-state index in [0.29, 0.717) is 24.3 Å². The number of methoxy groups -OCH3 is 1. The lowest BCUT2D eigenvalue weighted by molar-refractivity contribution is -0.136. The van der Waals surface area contributed by atoms with Crippen LogP contribution in [0.3, 0.4) is 0 Å². The lowest BCUT2D eigenvalue weighted by atomic mass is 10.0. The smallest absolute Gasteiger partial charge is 0.278 e. The van der Waals surface area contributed by atoms with Crippen LogP contribution < -0.4 is 5.32 Å². The Morgan fingerprint density at radius 2 is 1.81 bits per heavy atom. The molecule has 134 valence electrons. The number of hydrogen-bond acceptors (Lipinski definition) is 4. The molecule has 0 unspecified atom stereocenters. The SMILES string of the molecule is COCCCN1C(=O)C(Nc2cccc(F)c2)=C(c2ccccc2)C1=O. The predicted octanol–water partition coefficient (Wildman–Crippen LogP) is 3.05. The van der Waals surface area contributed by atoms with E-state index < -0.39 is 11.7 Å². The van der Waals surface area contributed by atoms with Crippen LogP contribution in [0.2, 0.25) is 0 Å². The van der Waals surface area contributed by atoms with Gasteiger partial charge >= 0.3 is 0 Å². The molecule has 0 saturated carbocycles. The maximum atomic E-state index is 13.5. The number of anilines is 1. The van der Waals surface area contributed by atoms with E-state index in [1.54, 1.807) is 37.4 Å². The van der Waals surface area contributed by atoms with Gasteiger partial charge in [-0.05, 0) is 30.2 Å². The summed E-state index contributed by atoms with van der Waals surface area (Å²) in [5.74, 6) is -1.21. The summed E-state index contributed by atoms with van der Waals surface area (Å²) in [4.78, 5) is 26.9. The van der Waals surface area contributed by atoms with Crippen LogP contribution in [-0.2, 0) is 14.3 Å². The average molecular weight is 354 g/mol. The first kappa shape index (κ1) is 17.8. The van der Waals surface area contributed by atoms with Crippen molar-refractivity contribution in [2.45, 2.75) is 6.42 Å². The zero-order chi connectivity index (χ0) is 18.5. The van der Waals surface area contributed by atoms with Crippen molar-refractivity contribution in [1.29, 1.82) is 0 Å². The third-order valence-corrected chi connectivity index (χ3v) is 4.05. The van der Waals surface area contributed by atoms with E-state index in [1.165, 1.54) is 23.1 Å². The van der Waals surface area contributed by atoms with Crippen LogP contribution in [0.15, 0.2) is 60.3 Å². The van der Waals surface area contributed by atoms with Gasteiger partial charge < -0.3 is 10.1 Å². The first-order valence-corrected chi connectivity index (χ1v) is 8.29. The van der Waals surface area contributed by atoms with Crippen LogP contribution in [0.1, 0.15) is 12.0 Å². The predicted molar refractivity (Wildman–Crippen MR) is 96.6 cm³/mol. The Morgan fingerprint density at radius 1 is 1.04 bits per heavy atom. The molecule has 5 nitrogen and oxygen atoms in total. The van der Waals surface area contributed by atoms with Crippen molar-refractivity contribution in [2.24, 2.45) is 0 Å². The quantitative estimate of drug-likeness (QED) is 0.613. The van der Waals surface area contributed by atoms with E-state index in [-0.39, 0.29) is 23.7 Å². The van der Waals surface area contributed by atoms with Crippen LogP contribution in [0.25, 0.3) is 5.57 Å². The molecular weight excluding hydrogens is 335 g/mol. The fourth-order valence-electron chi connectivity index (χ4n) is 2.85. The molecule has 2 aromatic carbocycles. The topological polar surface area (TPSA) is 58.6 Å². The van der Waals surface area contributed by atoms with Crippen LogP contribution >= 0.6 is 0 Å². The molecule has 0 fully saturated rings. The van der Waals surface area contributed by atoms with Gasteiger partial charge in [0, 0.05) is 25.9 Å². The van der Waals surface area contributed by atoms with Crippen LogP contribution in [0.5, 0.6) is 0 Å². The lowest BCUT2D eigenvalue weighted by Gasteiger charge is -2.15. The van der Waals surface area contributed by atoms with E-state index >= 15 is 0 Å². The van der Waals surface area contributed by atoms with E-state index in [2.05, 4.69) is 5.32 Å². The first-order chi connectivity index (χ1) is 12.6. The van der Waals surface area contributed by atoms with Crippen molar-refractivity contribution < 1.29 is 18.7 Å². The molecule has 6 heteroatoms. The highest BCUT2D eigenvalue weighted by molar-refractivity contribution is 6.36. The molecule has 0 saturated heterocycles. The zero-order valence-corrected chi connectivity index (χ0v) is 14.4. The second-order valence-electron chi connectivity index (χ2n) is 5.86. The molecule has 0 atom stereocenters. The second kappa shape index (κ2) is 7.93. The highest BCUT2D eigenvalue weighted by atomic mass is 19.1. The van der Waals surface area contributed by atoms with E-state index in [4.69, 9.17) is 4.74 Å². The summed E-state index contributed by atoms with van der Waals surface area (Å²) in [6, 6.07) is 14.8. The Morgan fingerprint density at radius 3 is 2.50 bits per heavy atom. The Kier molecular flexibility index (Phi) is 5.43. The van der Waals surface area contributed by atoms with Crippen molar-refractivity contribution in [1.82, 2.24) is 4.90 Å². The summed E-state index contributed by atoms with van der Waals surface area (Å²) >= 11 is 0. The van der Waals surface area contributed by atoms with Gasteiger partial charge in [-0.3, -0.25) is 14.5 Å². The fourth-order valence-corrected chi connectivity index (χ4v) is 2.85. The minimum absolute atomic E-state index is 0.157. The number of carbonyl (C=O) groups is 2. The van der Waals surface area contributed by atoms with Gasteiger partial charge in [0.15, 0.2) is 0 Å². The summed E-state index contributed by atoms with van der Waals surface area (Å²) in [5, 5.41) is 2.93. The third kappa shape index (κ3) is 3.65. The molecule has 3 rings (SSSR count). The van der Waals surface area contributed by atoms with Crippen molar-refractivity contribution in [2.75, 3.05) is 25.6 Å². The average Bonchev–Trinajstić information content (AvgIpc) is 2.87. The monoisotopic (exact) mass is 354 g/mol. The van der Waals surface area contributed by atoms with E-state index in [0.717, 1.165) is 0 Å². The molecule has 2 aromatic rings. The standard InChI is InChI=1S/C20H19FN2O3/c1-26-12-6-11-23-19(24)17(14-7-3-2-4-8-14)18(20(23)25)22-16-10-5-9-15(21)13-16/h2-5,7-10,13,22H,6,11-12H2,1H3. The summed E-state index contributed by atoms with van der Waals surface area (Å²) in [6.45, 7) is 0.709. The van der Waals surface area contributed by atoms with Crippen LogP contribution in [0, 0.1) is 5.82 Å². The summed E-state index contributed by atoms with van der Waals surface area (Å²) in [6.07, 6.45) is 0.545. The Bertz CT molecular complexity index is 849. The maximum absolute atomic E-state index is 13.5. The number of halogens is 1. The number of nitrogens with zero attached hydrogens (tertiary/aromatic N) is 1. The molecule has 1 aliphatic rings. The maximum Gasteiger partial charge on any atom is 0.278 e.